The Hall–Kier alpha value is -2.42. The van der Waals surface area contributed by atoms with Gasteiger partial charge in [0.15, 0.2) is 0 Å². The number of H-pyrrole nitrogens is 1. The molecule has 2 N–H and O–H groups in total. The van der Waals surface area contributed by atoms with Gasteiger partial charge in [0.2, 0.25) is 0 Å². The van der Waals surface area contributed by atoms with Gasteiger partial charge in [0.1, 0.15) is 11.6 Å². The van der Waals surface area contributed by atoms with E-state index in [1.165, 1.54) is 4.90 Å². The number of rotatable bonds is 5. The van der Waals surface area contributed by atoms with Crippen LogP contribution in [0.1, 0.15) is 17.4 Å². The molecule has 1 amide bonds. The van der Waals surface area contributed by atoms with E-state index in [0.717, 1.165) is 12.3 Å². The van der Waals surface area contributed by atoms with Gasteiger partial charge in [0.05, 0.1) is 30.4 Å². The van der Waals surface area contributed by atoms with Crippen molar-refractivity contribution in [3.63, 3.8) is 0 Å². The highest BCUT2D eigenvalue weighted by Gasteiger charge is 2.40. The van der Waals surface area contributed by atoms with Crippen molar-refractivity contribution in [3.8, 4) is 0 Å². The Balaban J connectivity index is 2.21. The van der Waals surface area contributed by atoms with Crippen LogP contribution in [0.25, 0.3) is 0 Å². The quantitative estimate of drug-likeness (QED) is 0.601. The van der Waals surface area contributed by atoms with Crippen molar-refractivity contribution in [2.75, 3.05) is 19.8 Å². The first kappa shape index (κ1) is 15.0. The molecular formula is C12H15N3O6. The molecule has 0 aromatic carbocycles. The lowest BCUT2D eigenvalue weighted by atomic mass is 10.0. The number of aromatic nitrogens is 1. The van der Waals surface area contributed by atoms with Crippen LogP contribution in [0.2, 0.25) is 0 Å². The van der Waals surface area contributed by atoms with Crippen LogP contribution in [0.3, 0.4) is 0 Å². The lowest BCUT2D eigenvalue weighted by molar-refractivity contribution is -0.384. The minimum Gasteiger partial charge on any atom is -0.481 e. The summed E-state index contributed by atoms with van der Waals surface area (Å²) >= 11 is 0. The Bertz CT molecular complexity index is 569. The molecule has 2 rings (SSSR count). The summed E-state index contributed by atoms with van der Waals surface area (Å²) in [5.41, 5.74) is -0.161. The Morgan fingerprint density at radius 1 is 1.57 bits per heavy atom. The third-order valence-electron chi connectivity index (χ3n) is 3.48. The molecule has 1 aliphatic heterocycles. The number of aliphatic carboxylic acids is 1. The number of carboxylic acid groups (broad SMARTS) is 1. The molecule has 114 valence electrons. The van der Waals surface area contributed by atoms with Gasteiger partial charge in [0, 0.05) is 12.6 Å². The van der Waals surface area contributed by atoms with Crippen LogP contribution >= 0.6 is 0 Å². The van der Waals surface area contributed by atoms with Gasteiger partial charge < -0.3 is 19.7 Å². The van der Waals surface area contributed by atoms with Gasteiger partial charge in [-0.05, 0) is 6.92 Å². The molecule has 9 heteroatoms. The van der Waals surface area contributed by atoms with Crippen LogP contribution in [0.15, 0.2) is 12.3 Å². The second kappa shape index (κ2) is 5.92. The van der Waals surface area contributed by atoms with Crippen molar-refractivity contribution in [3.05, 3.63) is 28.1 Å². The van der Waals surface area contributed by atoms with Gasteiger partial charge in [-0.25, -0.2) is 0 Å². The lowest BCUT2D eigenvalue weighted by Crippen LogP contribution is -2.46. The predicted octanol–water partition coefficient (Wildman–Crippen LogP) is 0.485. The molecule has 21 heavy (non-hydrogen) atoms. The number of carbonyl (C=O) groups is 2. The van der Waals surface area contributed by atoms with E-state index < -0.39 is 28.8 Å². The number of carbonyl (C=O) groups excluding carboxylic acids is 1. The highest BCUT2D eigenvalue weighted by atomic mass is 16.6. The van der Waals surface area contributed by atoms with E-state index in [1.807, 2.05) is 0 Å². The van der Waals surface area contributed by atoms with Crippen molar-refractivity contribution in [2.24, 2.45) is 5.92 Å². The number of aromatic amines is 1. The molecular weight excluding hydrogens is 282 g/mol. The zero-order valence-corrected chi connectivity index (χ0v) is 11.3. The molecule has 0 radical (unpaired) electrons. The number of hydrogen-bond donors (Lipinski definition) is 2. The molecule has 0 bridgehead atoms. The van der Waals surface area contributed by atoms with E-state index in [9.17, 15) is 19.7 Å². The molecule has 0 saturated carbocycles. The first-order valence-electron chi connectivity index (χ1n) is 6.40. The fourth-order valence-corrected chi connectivity index (χ4v) is 2.38. The second-order valence-corrected chi connectivity index (χ2v) is 4.67. The van der Waals surface area contributed by atoms with Crippen LogP contribution in [-0.2, 0) is 9.53 Å². The molecule has 2 atom stereocenters. The molecule has 1 aromatic rings. The maximum atomic E-state index is 12.4. The van der Waals surface area contributed by atoms with Crippen molar-refractivity contribution >= 4 is 17.6 Å². The summed E-state index contributed by atoms with van der Waals surface area (Å²) in [4.78, 5) is 37.5. The molecule has 9 nitrogen and oxygen atoms in total. The number of nitro groups is 1. The summed E-state index contributed by atoms with van der Waals surface area (Å²) < 4.78 is 5.15. The normalized spacial score (nSPS) is 21.2. The minimum atomic E-state index is -1.03. The third kappa shape index (κ3) is 2.87. The van der Waals surface area contributed by atoms with Gasteiger partial charge in [0.25, 0.3) is 11.6 Å². The molecule has 1 saturated heterocycles. The number of hydrogen-bond acceptors (Lipinski definition) is 5. The van der Waals surface area contributed by atoms with Crippen molar-refractivity contribution in [1.29, 1.82) is 0 Å². The average Bonchev–Trinajstić information content (AvgIpc) is 3.08. The zero-order valence-electron chi connectivity index (χ0n) is 11.3. The first-order valence-corrected chi connectivity index (χ1v) is 6.40. The van der Waals surface area contributed by atoms with E-state index in [0.29, 0.717) is 0 Å². The largest absolute Gasteiger partial charge is 0.481 e. The van der Waals surface area contributed by atoms with Crippen molar-refractivity contribution in [2.45, 2.75) is 13.0 Å². The Morgan fingerprint density at radius 3 is 2.81 bits per heavy atom. The fourth-order valence-electron chi connectivity index (χ4n) is 2.38. The van der Waals surface area contributed by atoms with Gasteiger partial charge in [-0.3, -0.25) is 19.7 Å². The lowest BCUT2D eigenvalue weighted by Gasteiger charge is -2.28. The molecule has 1 fully saturated rings. The third-order valence-corrected chi connectivity index (χ3v) is 3.48. The van der Waals surface area contributed by atoms with E-state index >= 15 is 0 Å². The highest BCUT2D eigenvalue weighted by molar-refractivity contribution is 5.93. The summed E-state index contributed by atoms with van der Waals surface area (Å²) in [6.45, 7) is 2.18. The van der Waals surface area contributed by atoms with E-state index in [4.69, 9.17) is 9.84 Å². The Labute approximate surface area is 119 Å². The standard InChI is InChI=1S/C12H15N3O6/c1-2-14(10-6-21-5-8(10)12(17)18)11(16)9-3-7(4-13-9)15(19)20/h3-4,8,10,13H,2,5-6H2,1H3,(H,17,18). The average molecular weight is 297 g/mol. The first-order chi connectivity index (χ1) is 9.95. The maximum absolute atomic E-state index is 12.4. The summed E-state index contributed by atoms with van der Waals surface area (Å²) in [7, 11) is 0. The predicted molar refractivity (Wildman–Crippen MR) is 69.9 cm³/mol. The summed E-state index contributed by atoms with van der Waals surface area (Å²) in [5, 5.41) is 19.8. The fraction of sp³-hybridized carbons (Fsp3) is 0.500. The van der Waals surface area contributed by atoms with Crippen LogP contribution in [0.5, 0.6) is 0 Å². The zero-order chi connectivity index (χ0) is 15.6. The van der Waals surface area contributed by atoms with Gasteiger partial charge in [-0.15, -0.1) is 0 Å². The number of nitrogens with zero attached hydrogens (tertiary/aromatic N) is 2. The second-order valence-electron chi connectivity index (χ2n) is 4.67. The van der Waals surface area contributed by atoms with Gasteiger partial charge in [-0.2, -0.15) is 0 Å². The van der Waals surface area contributed by atoms with Gasteiger partial charge >= 0.3 is 5.97 Å². The summed E-state index contributed by atoms with van der Waals surface area (Å²) in [6.07, 6.45) is 1.13. The number of carboxylic acids is 1. The molecule has 0 spiro atoms. The van der Waals surface area contributed by atoms with Gasteiger partial charge in [-0.1, -0.05) is 0 Å². The Morgan fingerprint density at radius 2 is 2.29 bits per heavy atom. The molecule has 1 aromatic heterocycles. The monoisotopic (exact) mass is 297 g/mol. The van der Waals surface area contributed by atoms with Crippen LogP contribution in [0, 0.1) is 16.0 Å². The Kier molecular flexibility index (Phi) is 4.22. The van der Waals surface area contributed by atoms with Crippen LogP contribution in [0.4, 0.5) is 5.69 Å². The molecule has 1 aliphatic rings. The SMILES string of the molecule is CCN(C(=O)c1cc([N+](=O)[O-])c[nH]1)C1COCC1C(=O)O. The topological polar surface area (TPSA) is 126 Å². The van der Waals surface area contributed by atoms with Crippen molar-refractivity contribution < 1.29 is 24.4 Å². The number of ether oxygens (including phenoxy) is 1. The van der Waals surface area contributed by atoms with Crippen molar-refractivity contribution in [1.82, 2.24) is 9.88 Å². The smallest absolute Gasteiger partial charge is 0.311 e. The van der Waals surface area contributed by atoms with E-state index in [2.05, 4.69) is 4.98 Å². The van der Waals surface area contributed by atoms with Crippen LogP contribution < -0.4 is 0 Å². The highest BCUT2D eigenvalue weighted by Crippen LogP contribution is 2.22. The molecule has 0 aliphatic carbocycles. The van der Waals surface area contributed by atoms with E-state index in [-0.39, 0.29) is 31.1 Å². The number of likely N-dealkylation sites (N-methyl/N-ethyl adjacent to an activating group) is 1. The maximum Gasteiger partial charge on any atom is 0.311 e. The number of amides is 1. The molecule has 2 heterocycles. The van der Waals surface area contributed by atoms with Crippen LogP contribution in [-0.4, -0.2) is 57.6 Å². The summed E-state index contributed by atoms with van der Waals surface area (Å²) in [5.74, 6) is -2.30. The summed E-state index contributed by atoms with van der Waals surface area (Å²) in [6, 6.07) is 0.554. The molecule has 2 unspecified atom stereocenters. The van der Waals surface area contributed by atoms with E-state index in [1.54, 1.807) is 6.92 Å². The number of nitrogens with one attached hydrogen (secondary N) is 1. The minimum absolute atomic E-state index is 0.0503.